The SMILES string of the molecule is CCCCCCCCCCCCCCCCC[CH]=[Zr+2].[Cl-].[Cl-].c1cc[cH-]c1. The third-order valence-electron chi connectivity index (χ3n) is 4.51. The van der Waals surface area contributed by atoms with Gasteiger partial charge in [-0.3, -0.25) is 0 Å². The van der Waals surface area contributed by atoms with Gasteiger partial charge in [0, 0.05) is 0 Å². The van der Waals surface area contributed by atoms with Crippen molar-refractivity contribution in [3.8, 4) is 0 Å². The molecule has 0 saturated heterocycles. The Kier molecular flexibility index (Phi) is 36.7. The molecule has 1 aromatic rings. The van der Waals surface area contributed by atoms with E-state index >= 15 is 0 Å². The fraction of sp³-hybridized carbons (Fsp3) is 0.739. The van der Waals surface area contributed by atoms with Gasteiger partial charge in [-0.25, -0.2) is 12.1 Å². The maximum absolute atomic E-state index is 2.38. The van der Waals surface area contributed by atoms with Crippen LogP contribution in [0.2, 0.25) is 0 Å². The topological polar surface area (TPSA) is 0 Å². The molecule has 0 unspecified atom stereocenters. The first-order chi connectivity index (χ1) is 11.9. The number of hydrogen-bond donors (Lipinski definition) is 0. The average Bonchev–Trinajstić information content (AvgIpc) is 3.18. The van der Waals surface area contributed by atoms with Crippen LogP contribution in [0.1, 0.15) is 110 Å². The second kappa shape index (κ2) is 30.4. The van der Waals surface area contributed by atoms with Crippen molar-refractivity contribution in [3.05, 3.63) is 30.3 Å². The summed E-state index contributed by atoms with van der Waals surface area (Å²) in [6.07, 6.45) is 23.4. The van der Waals surface area contributed by atoms with Crippen LogP contribution in [0.4, 0.5) is 0 Å². The van der Waals surface area contributed by atoms with Gasteiger partial charge < -0.3 is 24.8 Å². The Morgan fingerprint density at radius 3 is 1.23 bits per heavy atom. The van der Waals surface area contributed by atoms with E-state index in [1.54, 1.807) is 24.2 Å². The van der Waals surface area contributed by atoms with Crippen LogP contribution in [-0.2, 0) is 24.2 Å². The molecule has 0 aliphatic rings. The summed E-state index contributed by atoms with van der Waals surface area (Å²) in [5.41, 5.74) is 0. The predicted octanol–water partition coefficient (Wildman–Crippen LogP) is 2.01. The van der Waals surface area contributed by atoms with Gasteiger partial charge in [0.05, 0.1) is 0 Å². The molecule has 0 heterocycles. The van der Waals surface area contributed by atoms with Crippen LogP contribution in [0, 0.1) is 0 Å². The van der Waals surface area contributed by atoms with Gasteiger partial charge in [0.15, 0.2) is 0 Å². The van der Waals surface area contributed by atoms with Crippen LogP contribution in [0.15, 0.2) is 30.3 Å². The third kappa shape index (κ3) is 29.4. The number of hydrogen-bond acceptors (Lipinski definition) is 0. The first-order valence-electron chi connectivity index (χ1n) is 10.6. The molecule has 0 saturated carbocycles. The number of halogens is 2. The normalized spacial score (nSPS) is 9.50. The summed E-state index contributed by atoms with van der Waals surface area (Å²) in [5, 5.41) is 0. The molecule has 0 aromatic heterocycles. The zero-order chi connectivity index (χ0) is 17.6. The molecule has 1 rings (SSSR count). The fourth-order valence-electron chi connectivity index (χ4n) is 2.94. The van der Waals surface area contributed by atoms with Gasteiger partial charge in [0.25, 0.3) is 0 Å². The third-order valence-corrected chi connectivity index (χ3v) is 5.22. The Morgan fingerprint density at radius 2 is 0.962 bits per heavy atom. The maximum atomic E-state index is 2.38. The standard InChI is InChI=1S/C18H36.C5H5.2ClH.Zr/c1-3-5-7-9-11-13-15-17-18-16-14-12-10-8-6-4-2;1-2-4-5-3-1;;;/h1H,3-18H2,2H3;1-5H;2*1H;/q;-1;;;+2/p-2. The van der Waals surface area contributed by atoms with Crippen molar-refractivity contribution in [2.75, 3.05) is 0 Å². The van der Waals surface area contributed by atoms with E-state index in [2.05, 4.69) is 10.6 Å². The molecule has 0 atom stereocenters. The molecule has 0 N–H and O–H groups in total. The van der Waals surface area contributed by atoms with Crippen LogP contribution in [0.5, 0.6) is 0 Å². The molecule has 1 aromatic carbocycles. The van der Waals surface area contributed by atoms with Gasteiger partial charge in [0.1, 0.15) is 0 Å². The van der Waals surface area contributed by atoms with Crippen molar-refractivity contribution in [3.63, 3.8) is 0 Å². The van der Waals surface area contributed by atoms with Gasteiger partial charge in [-0.1, -0.05) is 39.0 Å². The van der Waals surface area contributed by atoms with E-state index < -0.39 is 0 Å². The summed E-state index contributed by atoms with van der Waals surface area (Å²) < 4.78 is 2.38. The molecule has 3 heteroatoms. The molecule has 26 heavy (non-hydrogen) atoms. The van der Waals surface area contributed by atoms with Crippen molar-refractivity contribution in [2.24, 2.45) is 0 Å². The Hall–Kier alpha value is 0.683. The predicted molar refractivity (Wildman–Crippen MR) is 108 cm³/mol. The smallest absolute Gasteiger partial charge is 0.172 e. The Labute approximate surface area is 191 Å². The fourth-order valence-corrected chi connectivity index (χ4v) is 3.44. The van der Waals surface area contributed by atoms with Crippen molar-refractivity contribution >= 4 is 3.71 Å². The second-order valence-corrected chi connectivity index (χ2v) is 7.91. The second-order valence-electron chi connectivity index (χ2n) is 6.90. The monoisotopic (exact) mass is 477 g/mol. The molecule has 0 amide bonds. The molecule has 0 aliphatic carbocycles. The molecule has 0 bridgehead atoms. The zero-order valence-electron chi connectivity index (χ0n) is 17.0. The minimum Gasteiger partial charge on any atom is -1.00 e. The minimum absolute atomic E-state index is 0. The molecule has 152 valence electrons. The zero-order valence-corrected chi connectivity index (χ0v) is 21.0. The molecular weight excluding hydrogens is 438 g/mol. The van der Waals surface area contributed by atoms with Crippen LogP contribution in [0.25, 0.3) is 0 Å². The van der Waals surface area contributed by atoms with Crippen molar-refractivity contribution in [1.29, 1.82) is 0 Å². The van der Waals surface area contributed by atoms with Crippen LogP contribution < -0.4 is 24.8 Å². The first-order valence-corrected chi connectivity index (χ1v) is 12.0. The van der Waals surface area contributed by atoms with Crippen LogP contribution in [0.3, 0.4) is 0 Å². The molecule has 0 nitrogen and oxygen atoms in total. The Balaban J connectivity index is -0.000000646. The first kappa shape index (κ1) is 31.4. The quantitative estimate of drug-likeness (QED) is 0.251. The maximum Gasteiger partial charge on any atom is -0.172 e. The number of rotatable bonds is 16. The van der Waals surface area contributed by atoms with Gasteiger partial charge in [-0.2, -0.15) is 18.2 Å². The van der Waals surface area contributed by atoms with E-state index in [0.717, 1.165) is 0 Å². The largest absolute Gasteiger partial charge is 1.00 e. The molecule has 0 aliphatic heterocycles. The van der Waals surface area contributed by atoms with E-state index in [1.807, 2.05) is 30.3 Å². The Morgan fingerprint density at radius 1 is 0.615 bits per heavy atom. The van der Waals surface area contributed by atoms with E-state index in [4.69, 9.17) is 0 Å². The summed E-state index contributed by atoms with van der Waals surface area (Å²) in [6, 6.07) is 10.0. The molecule has 0 spiro atoms. The summed E-state index contributed by atoms with van der Waals surface area (Å²) in [4.78, 5) is 0. The summed E-state index contributed by atoms with van der Waals surface area (Å²) in [6.45, 7) is 2.29. The molecule has 0 fully saturated rings. The molecule has 0 radical (unpaired) electrons. The van der Waals surface area contributed by atoms with Crippen molar-refractivity contribution < 1.29 is 49.0 Å². The summed E-state index contributed by atoms with van der Waals surface area (Å²) in [5.74, 6) is 0. The average molecular weight is 480 g/mol. The van der Waals surface area contributed by atoms with Gasteiger partial charge in [-0.05, 0) is 0 Å². The van der Waals surface area contributed by atoms with Gasteiger partial charge in [-0.15, -0.1) is 0 Å². The van der Waals surface area contributed by atoms with Crippen molar-refractivity contribution in [1.82, 2.24) is 0 Å². The van der Waals surface area contributed by atoms with Crippen LogP contribution >= 0.6 is 0 Å². The molecular formula is C23H41Cl2Zr-. The Bertz CT molecular complexity index is 295. The van der Waals surface area contributed by atoms with Gasteiger partial charge >= 0.3 is 98.6 Å². The van der Waals surface area contributed by atoms with E-state index in [-0.39, 0.29) is 24.8 Å². The summed E-state index contributed by atoms with van der Waals surface area (Å²) in [7, 11) is 0. The van der Waals surface area contributed by atoms with E-state index in [0.29, 0.717) is 0 Å². The van der Waals surface area contributed by atoms with E-state index in [1.165, 1.54) is 103 Å². The van der Waals surface area contributed by atoms with Crippen molar-refractivity contribution in [2.45, 2.75) is 110 Å². The summed E-state index contributed by atoms with van der Waals surface area (Å²) >= 11 is 1.60. The van der Waals surface area contributed by atoms with Gasteiger partial charge in [0.2, 0.25) is 0 Å². The minimum atomic E-state index is 0. The number of unbranched alkanes of at least 4 members (excludes halogenated alkanes) is 15. The van der Waals surface area contributed by atoms with Crippen LogP contribution in [-0.4, -0.2) is 3.71 Å². The van der Waals surface area contributed by atoms with E-state index in [9.17, 15) is 0 Å².